The van der Waals surface area contributed by atoms with Gasteiger partial charge in [0.15, 0.2) is 0 Å². The summed E-state index contributed by atoms with van der Waals surface area (Å²) in [6.45, 7) is 5.66. The Kier molecular flexibility index (Phi) is 11.4. The molecule has 0 amide bonds. The maximum absolute atomic E-state index is 3.71. The number of rotatable bonds is 12. The molecule has 1 N–H and O–H groups in total. The first-order valence-corrected chi connectivity index (χ1v) is 10.2. The quantitative estimate of drug-likeness (QED) is 0.343. The summed E-state index contributed by atoms with van der Waals surface area (Å²) in [7, 11) is 0. The van der Waals surface area contributed by atoms with Crippen LogP contribution in [0.5, 0.6) is 0 Å². The third kappa shape index (κ3) is 9.59. The van der Waals surface area contributed by atoms with Crippen LogP contribution in [0.15, 0.2) is 33.6 Å². The van der Waals surface area contributed by atoms with Crippen LogP contribution in [-0.4, -0.2) is 18.3 Å². The molecule has 0 aliphatic rings. The van der Waals surface area contributed by atoms with E-state index in [0.29, 0.717) is 6.04 Å². The van der Waals surface area contributed by atoms with Gasteiger partial charge in [-0.25, -0.2) is 0 Å². The number of thioether (sulfide) groups is 1. The van der Waals surface area contributed by atoms with Gasteiger partial charge >= 0.3 is 0 Å². The minimum absolute atomic E-state index is 0.653. The van der Waals surface area contributed by atoms with Crippen molar-refractivity contribution in [3.63, 3.8) is 0 Å². The van der Waals surface area contributed by atoms with Gasteiger partial charge in [-0.3, -0.25) is 0 Å². The topological polar surface area (TPSA) is 12.0 Å². The highest BCUT2D eigenvalue weighted by atomic mass is 79.9. The first kappa shape index (κ1) is 19.1. The van der Waals surface area contributed by atoms with Crippen molar-refractivity contribution in [2.24, 2.45) is 0 Å². The Balaban J connectivity index is 2.29. The van der Waals surface area contributed by atoms with Gasteiger partial charge in [0.25, 0.3) is 0 Å². The maximum atomic E-state index is 3.71. The van der Waals surface area contributed by atoms with Crippen LogP contribution in [0.1, 0.15) is 58.8 Å². The number of unbranched alkanes of at least 4 members (excludes halogenated alkanes) is 4. The molecule has 0 saturated heterocycles. The molecule has 1 rings (SSSR count). The lowest BCUT2D eigenvalue weighted by Crippen LogP contribution is -2.31. The third-order valence-corrected chi connectivity index (χ3v) is 5.31. The molecule has 0 bridgehead atoms. The normalized spacial score (nSPS) is 12.5. The third-order valence-electron chi connectivity index (χ3n) is 3.60. The molecule has 1 unspecified atom stereocenters. The molecule has 0 aromatic heterocycles. The van der Waals surface area contributed by atoms with Gasteiger partial charge < -0.3 is 5.32 Å². The Bertz CT molecular complexity index is 353. The fourth-order valence-electron chi connectivity index (χ4n) is 2.31. The average Bonchev–Trinajstić information content (AvgIpc) is 2.50. The van der Waals surface area contributed by atoms with Gasteiger partial charge in [0.05, 0.1) is 0 Å². The van der Waals surface area contributed by atoms with Crippen molar-refractivity contribution in [3.05, 3.63) is 28.7 Å². The minimum atomic E-state index is 0.653. The molecule has 0 spiro atoms. The molecule has 1 atom stereocenters. The molecule has 1 aromatic rings. The van der Waals surface area contributed by atoms with Crippen molar-refractivity contribution in [3.8, 4) is 0 Å². The minimum Gasteiger partial charge on any atom is -0.313 e. The van der Waals surface area contributed by atoms with E-state index in [1.165, 1.54) is 55.6 Å². The van der Waals surface area contributed by atoms with Crippen LogP contribution in [0, 0.1) is 0 Å². The van der Waals surface area contributed by atoms with Crippen LogP contribution in [0.3, 0.4) is 0 Å². The fraction of sp³-hybridized carbons (Fsp3) is 0.667. The first-order chi connectivity index (χ1) is 10.3. The summed E-state index contributed by atoms with van der Waals surface area (Å²) in [6.07, 6.45) is 9.40. The van der Waals surface area contributed by atoms with Crippen molar-refractivity contribution in [2.45, 2.75) is 69.7 Å². The molecule has 1 nitrogen and oxygen atoms in total. The molecule has 1 aromatic carbocycles. The van der Waals surface area contributed by atoms with Crippen LogP contribution >= 0.6 is 27.7 Å². The zero-order chi connectivity index (χ0) is 15.3. The highest BCUT2D eigenvalue weighted by Crippen LogP contribution is 2.22. The molecule has 21 heavy (non-hydrogen) atoms. The van der Waals surface area contributed by atoms with E-state index in [0.717, 1.165) is 11.0 Å². The van der Waals surface area contributed by atoms with Crippen LogP contribution in [0.2, 0.25) is 0 Å². The van der Waals surface area contributed by atoms with Gasteiger partial charge in [-0.2, -0.15) is 0 Å². The van der Waals surface area contributed by atoms with E-state index in [1.807, 2.05) is 11.8 Å². The Labute approximate surface area is 143 Å². The Morgan fingerprint density at radius 1 is 1.00 bits per heavy atom. The van der Waals surface area contributed by atoms with E-state index in [2.05, 4.69) is 59.4 Å². The standard InChI is InChI=1S/C18H30BrNS/c1-3-5-6-7-8-9-17(20-14-4-2)15-21-18-12-10-16(19)11-13-18/h10-13,17,20H,3-9,14-15H2,1-2H3. The van der Waals surface area contributed by atoms with E-state index in [9.17, 15) is 0 Å². The smallest absolute Gasteiger partial charge is 0.0176 e. The van der Waals surface area contributed by atoms with Gasteiger partial charge in [-0.05, 0) is 43.7 Å². The Morgan fingerprint density at radius 2 is 1.71 bits per heavy atom. The molecule has 3 heteroatoms. The molecule has 0 heterocycles. The predicted molar refractivity (Wildman–Crippen MR) is 100 cm³/mol. The molecule has 0 fully saturated rings. The predicted octanol–water partition coefficient (Wildman–Crippen LogP) is 6.27. The summed E-state index contributed by atoms with van der Waals surface area (Å²) in [5.41, 5.74) is 0. The highest BCUT2D eigenvalue weighted by molar-refractivity contribution is 9.10. The SMILES string of the molecule is CCCCCCCC(CSc1ccc(Br)cc1)NCCC. The van der Waals surface area contributed by atoms with Gasteiger partial charge in [0.1, 0.15) is 0 Å². The van der Waals surface area contributed by atoms with Gasteiger partial charge in [-0.1, -0.05) is 61.9 Å². The maximum Gasteiger partial charge on any atom is 0.0176 e. The molecule has 120 valence electrons. The van der Waals surface area contributed by atoms with Crippen LogP contribution in [0.25, 0.3) is 0 Å². The summed E-state index contributed by atoms with van der Waals surface area (Å²) in [5.74, 6) is 1.18. The van der Waals surface area contributed by atoms with Crippen LogP contribution in [-0.2, 0) is 0 Å². The monoisotopic (exact) mass is 371 g/mol. The molecule has 0 radical (unpaired) electrons. The lowest BCUT2D eigenvalue weighted by Gasteiger charge is -2.18. The van der Waals surface area contributed by atoms with E-state index in [4.69, 9.17) is 0 Å². The second-order valence-electron chi connectivity index (χ2n) is 5.62. The number of hydrogen-bond acceptors (Lipinski definition) is 2. The number of nitrogens with one attached hydrogen (secondary N) is 1. The molecular weight excluding hydrogens is 342 g/mol. The number of halogens is 1. The van der Waals surface area contributed by atoms with Crippen LogP contribution < -0.4 is 5.32 Å². The summed E-state index contributed by atoms with van der Waals surface area (Å²) in [6, 6.07) is 9.31. The summed E-state index contributed by atoms with van der Waals surface area (Å²) < 4.78 is 1.16. The molecule has 0 aliphatic carbocycles. The van der Waals surface area contributed by atoms with E-state index >= 15 is 0 Å². The van der Waals surface area contributed by atoms with E-state index < -0.39 is 0 Å². The summed E-state index contributed by atoms with van der Waals surface area (Å²) >= 11 is 5.47. The van der Waals surface area contributed by atoms with Crippen molar-refractivity contribution in [1.82, 2.24) is 5.32 Å². The van der Waals surface area contributed by atoms with Crippen molar-refractivity contribution < 1.29 is 0 Å². The largest absolute Gasteiger partial charge is 0.313 e. The lowest BCUT2D eigenvalue weighted by atomic mass is 10.1. The number of hydrogen-bond donors (Lipinski definition) is 1. The van der Waals surface area contributed by atoms with Crippen molar-refractivity contribution in [2.75, 3.05) is 12.3 Å². The van der Waals surface area contributed by atoms with Gasteiger partial charge in [-0.15, -0.1) is 11.8 Å². The molecular formula is C18H30BrNS. The second kappa shape index (κ2) is 12.5. The highest BCUT2D eigenvalue weighted by Gasteiger charge is 2.08. The first-order valence-electron chi connectivity index (χ1n) is 8.38. The summed E-state index contributed by atoms with van der Waals surface area (Å²) in [4.78, 5) is 1.37. The van der Waals surface area contributed by atoms with Gasteiger partial charge in [0.2, 0.25) is 0 Å². The van der Waals surface area contributed by atoms with Crippen LogP contribution in [0.4, 0.5) is 0 Å². The van der Waals surface area contributed by atoms with Gasteiger partial charge in [0, 0.05) is 21.2 Å². The fourth-order valence-corrected chi connectivity index (χ4v) is 3.59. The molecule has 0 aliphatic heterocycles. The van der Waals surface area contributed by atoms with E-state index in [-0.39, 0.29) is 0 Å². The van der Waals surface area contributed by atoms with Crippen molar-refractivity contribution in [1.29, 1.82) is 0 Å². The average molecular weight is 372 g/mol. The lowest BCUT2D eigenvalue weighted by molar-refractivity contribution is 0.485. The van der Waals surface area contributed by atoms with Crippen molar-refractivity contribution >= 4 is 27.7 Å². The summed E-state index contributed by atoms with van der Waals surface area (Å²) in [5, 5.41) is 3.71. The Morgan fingerprint density at radius 3 is 2.38 bits per heavy atom. The zero-order valence-electron chi connectivity index (χ0n) is 13.5. The Hall–Kier alpha value is 0.01000. The molecule has 0 saturated carbocycles. The van der Waals surface area contributed by atoms with E-state index in [1.54, 1.807) is 0 Å². The number of benzene rings is 1. The second-order valence-corrected chi connectivity index (χ2v) is 7.63. The zero-order valence-corrected chi connectivity index (χ0v) is 15.9.